The van der Waals surface area contributed by atoms with Crippen molar-refractivity contribution >= 4 is 35.0 Å². The molecule has 0 heterocycles. The van der Waals surface area contributed by atoms with Gasteiger partial charge in [0.25, 0.3) is 0 Å². The van der Waals surface area contributed by atoms with Crippen molar-refractivity contribution in [2.75, 3.05) is 18.6 Å². The summed E-state index contributed by atoms with van der Waals surface area (Å²) in [5, 5.41) is 14.9. The van der Waals surface area contributed by atoms with Gasteiger partial charge in [0.15, 0.2) is 0 Å². The molecule has 5 heteroatoms. The van der Waals surface area contributed by atoms with Crippen molar-refractivity contribution in [3.8, 4) is 0 Å². The van der Waals surface area contributed by atoms with Crippen molar-refractivity contribution in [3.63, 3.8) is 0 Å². The van der Waals surface area contributed by atoms with Gasteiger partial charge in [-0.15, -0.1) is 0 Å². The van der Waals surface area contributed by atoms with Crippen LogP contribution in [-0.2, 0) is 0 Å². The molecule has 0 aliphatic carbocycles. The normalized spacial score (nSPS) is 16.1. The highest BCUT2D eigenvalue weighted by Gasteiger charge is 2.22. The molecule has 0 bridgehead atoms. The molecule has 108 valence electrons. The van der Waals surface area contributed by atoms with E-state index in [1.165, 1.54) is 0 Å². The molecule has 2 N–H and O–H groups in total. The zero-order valence-corrected chi connectivity index (χ0v) is 13.9. The van der Waals surface area contributed by atoms with Gasteiger partial charge in [0.2, 0.25) is 0 Å². The fraction of sp³-hybridized carbons (Fsp3) is 0.571. The van der Waals surface area contributed by atoms with Gasteiger partial charge in [0, 0.05) is 28.4 Å². The van der Waals surface area contributed by atoms with E-state index in [9.17, 15) is 5.11 Å². The predicted octanol–water partition coefficient (Wildman–Crippen LogP) is 4.15. The second-order valence-electron chi connectivity index (χ2n) is 4.94. The summed E-state index contributed by atoms with van der Waals surface area (Å²) < 4.78 is 0. The van der Waals surface area contributed by atoms with Crippen molar-refractivity contribution in [2.24, 2.45) is 0 Å². The predicted molar refractivity (Wildman–Crippen MR) is 86.5 cm³/mol. The Balaban J connectivity index is 2.73. The second-order valence-corrected chi connectivity index (χ2v) is 6.65. The van der Waals surface area contributed by atoms with Gasteiger partial charge in [0.1, 0.15) is 0 Å². The molecule has 0 saturated heterocycles. The molecule has 0 saturated carbocycles. The molecule has 0 fully saturated rings. The molecule has 1 aromatic rings. The van der Waals surface area contributed by atoms with E-state index in [1.807, 2.05) is 25.3 Å². The van der Waals surface area contributed by atoms with Crippen LogP contribution in [0.5, 0.6) is 0 Å². The summed E-state index contributed by atoms with van der Waals surface area (Å²) in [7, 11) is 0. The number of hydrogen-bond acceptors (Lipinski definition) is 3. The van der Waals surface area contributed by atoms with Crippen molar-refractivity contribution in [2.45, 2.75) is 31.9 Å². The van der Waals surface area contributed by atoms with E-state index in [1.54, 1.807) is 17.8 Å². The molecule has 1 aromatic carbocycles. The molecule has 0 spiro atoms. The molecule has 0 radical (unpaired) electrons. The number of rotatable bonds is 7. The first-order chi connectivity index (χ1) is 8.89. The number of benzene rings is 1. The maximum Gasteiger partial charge on any atom is 0.0833 e. The lowest BCUT2D eigenvalue weighted by molar-refractivity contribution is 0.0812. The van der Waals surface area contributed by atoms with E-state index >= 15 is 0 Å². The standard InChI is InChI=1S/C14H21Cl2NOS/c1-4-13(17-8-14(2,18)9-19-3)11-6-5-10(15)7-12(11)16/h5-7,13,17-18H,4,8-9H2,1-3H3. The third-order valence-corrected chi connectivity index (χ3v) is 4.40. The van der Waals surface area contributed by atoms with Crippen LogP contribution in [0.15, 0.2) is 18.2 Å². The van der Waals surface area contributed by atoms with Crippen LogP contribution >= 0.6 is 35.0 Å². The first-order valence-corrected chi connectivity index (χ1v) is 8.44. The Kier molecular flexibility index (Phi) is 6.98. The van der Waals surface area contributed by atoms with E-state index in [2.05, 4.69) is 12.2 Å². The first kappa shape index (κ1) is 17.1. The molecule has 19 heavy (non-hydrogen) atoms. The summed E-state index contributed by atoms with van der Waals surface area (Å²) in [6, 6.07) is 5.66. The minimum absolute atomic E-state index is 0.123. The molecule has 0 aromatic heterocycles. The highest BCUT2D eigenvalue weighted by atomic mass is 35.5. The number of aliphatic hydroxyl groups is 1. The van der Waals surface area contributed by atoms with E-state index in [-0.39, 0.29) is 6.04 Å². The topological polar surface area (TPSA) is 32.3 Å². The lowest BCUT2D eigenvalue weighted by Crippen LogP contribution is -2.41. The quantitative estimate of drug-likeness (QED) is 0.791. The minimum atomic E-state index is -0.717. The molecule has 0 aliphatic heterocycles. The van der Waals surface area contributed by atoms with Gasteiger partial charge < -0.3 is 10.4 Å². The van der Waals surface area contributed by atoms with Crippen molar-refractivity contribution in [1.82, 2.24) is 5.32 Å². The van der Waals surface area contributed by atoms with Crippen molar-refractivity contribution < 1.29 is 5.11 Å². The van der Waals surface area contributed by atoms with E-state index in [0.717, 1.165) is 12.0 Å². The van der Waals surface area contributed by atoms with Gasteiger partial charge in [-0.1, -0.05) is 36.2 Å². The Morgan fingerprint density at radius 3 is 2.63 bits per heavy atom. The summed E-state index contributed by atoms with van der Waals surface area (Å²) in [5.41, 5.74) is 0.305. The van der Waals surface area contributed by atoms with Crippen molar-refractivity contribution in [3.05, 3.63) is 33.8 Å². The van der Waals surface area contributed by atoms with Gasteiger partial charge in [-0.25, -0.2) is 0 Å². The largest absolute Gasteiger partial charge is 0.388 e. The fourth-order valence-electron chi connectivity index (χ4n) is 1.96. The average molecular weight is 322 g/mol. The van der Waals surface area contributed by atoms with Gasteiger partial charge in [-0.2, -0.15) is 11.8 Å². The number of thioether (sulfide) groups is 1. The zero-order chi connectivity index (χ0) is 14.5. The van der Waals surface area contributed by atoms with Crippen LogP contribution in [-0.4, -0.2) is 29.3 Å². The molecule has 1 rings (SSSR count). The maximum absolute atomic E-state index is 10.2. The average Bonchev–Trinajstić information content (AvgIpc) is 2.32. The van der Waals surface area contributed by atoms with Gasteiger partial charge >= 0.3 is 0 Å². The molecular weight excluding hydrogens is 301 g/mol. The third kappa shape index (κ3) is 5.52. The van der Waals surface area contributed by atoms with Crippen LogP contribution in [0.25, 0.3) is 0 Å². The first-order valence-electron chi connectivity index (χ1n) is 6.29. The monoisotopic (exact) mass is 321 g/mol. The molecule has 2 atom stereocenters. The SMILES string of the molecule is CCC(NCC(C)(O)CSC)c1ccc(Cl)cc1Cl. The zero-order valence-electron chi connectivity index (χ0n) is 11.5. The van der Waals surface area contributed by atoms with Gasteiger partial charge in [-0.3, -0.25) is 0 Å². The van der Waals surface area contributed by atoms with Crippen LogP contribution in [0.2, 0.25) is 10.0 Å². The molecular formula is C14H21Cl2NOS. The number of hydrogen-bond donors (Lipinski definition) is 2. The third-order valence-electron chi connectivity index (χ3n) is 2.93. The number of halogens is 2. The molecule has 2 unspecified atom stereocenters. The Bertz CT molecular complexity index is 412. The summed E-state index contributed by atoms with van der Waals surface area (Å²) in [4.78, 5) is 0. The Morgan fingerprint density at radius 1 is 1.42 bits per heavy atom. The van der Waals surface area contributed by atoms with Crippen LogP contribution in [0.3, 0.4) is 0 Å². The molecule has 0 amide bonds. The van der Waals surface area contributed by atoms with Crippen LogP contribution in [0.4, 0.5) is 0 Å². The lowest BCUT2D eigenvalue weighted by Gasteiger charge is -2.27. The fourth-order valence-corrected chi connectivity index (χ4v) is 3.23. The number of nitrogens with one attached hydrogen (secondary N) is 1. The Morgan fingerprint density at radius 2 is 2.11 bits per heavy atom. The maximum atomic E-state index is 10.2. The van der Waals surface area contributed by atoms with Gasteiger partial charge in [-0.05, 0) is 37.3 Å². The highest BCUT2D eigenvalue weighted by Crippen LogP contribution is 2.28. The smallest absolute Gasteiger partial charge is 0.0833 e. The Hall–Kier alpha value is 0.0700. The summed E-state index contributed by atoms with van der Waals surface area (Å²) >= 11 is 13.8. The van der Waals surface area contributed by atoms with Crippen LogP contribution in [0, 0.1) is 0 Å². The molecule has 0 aliphatic rings. The van der Waals surface area contributed by atoms with E-state index < -0.39 is 5.60 Å². The lowest BCUT2D eigenvalue weighted by atomic mass is 10.0. The summed E-state index contributed by atoms with van der Waals surface area (Å²) in [5.74, 6) is 0.699. The van der Waals surface area contributed by atoms with Crippen LogP contribution < -0.4 is 5.32 Å². The van der Waals surface area contributed by atoms with E-state index in [0.29, 0.717) is 22.3 Å². The molecule has 2 nitrogen and oxygen atoms in total. The van der Waals surface area contributed by atoms with E-state index in [4.69, 9.17) is 23.2 Å². The van der Waals surface area contributed by atoms with Crippen LogP contribution in [0.1, 0.15) is 31.9 Å². The highest BCUT2D eigenvalue weighted by molar-refractivity contribution is 7.98. The Labute approximate surface area is 129 Å². The second kappa shape index (κ2) is 7.75. The summed E-state index contributed by atoms with van der Waals surface area (Å²) in [6.45, 7) is 4.46. The van der Waals surface area contributed by atoms with Crippen molar-refractivity contribution in [1.29, 1.82) is 0 Å². The minimum Gasteiger partial charge on any atom is -0.388 e. The summed E-state index contributed by atoms with van der Waals surface area (Å²) in [6.07, 6.45) is 2.89. The van der Waals surface area contributed by atoms with Gasteiger partial charge in [0.05, 0.1) is 5.60 Å².